The molecule has 1 heterocycles. The van der Waals surface area contributed by atoms with Gasteiger partial charge in [-0.25, -0.2) is 4.98 Å². The average Bonchev–Trinajstić information content (AvgIpc) is 2.17. The normalized spacial score (nSPS) is 8.93. The summed E-state index contributed by atoms with van der Waals surface area (Å²) in [7, 11) is 0. The molecule has 0 fully saturated rings. The Balaban J connectivity index is 0.00000196. The number of nitrogens with zero attached hydrogens (tertiary/aromatic N) is 1. The van der Waals surface area contributed by atoms with Gasteiger partial charge in [-0.1, -0.05) is 11.6 Å². The molecule has 1 N–H and O–H groups in total. The molecule has 0 saturated carbocycles. The van der Waals surface area contributed by atoms with Gasteiger partial charge in [0, 0.05) is 6.20 Å². The third-order valence-electron chi connectivity index (χ3n) is 1.45. The number of hydrogen-bond donors (Lipinski definition) is 1. The van der Waals surface area contributed by atoms with Crippen molar-refractivity contribution in [1.82, 2.24) is 4.98 Å². The molecule has 0 aliphatic heterocycles. The molecule has 15 heavy (non-hydrogen) atoms. The van der Waals surface area contributed by atoms with Gasteiger partial charge in [0.05, 0.1) is 11.6 Å². The summed E-state index contributed by atoms with van der Waals surface area (Å²) in [6.07, 6.45) is 1.51. The van der Waals surface area contributed by atoms with E-state index in [0.717, 1.165) is 0 Å². The number of ether oxygens (including phenoxy) is 1. The Hall–Kier alpha value is -1.000. The zero-order chi connectivity index (χ0) is 10.4. The number of carbonyl (C=O) groups excluding carboxylic acids is 1. The van der Waals surface area contributed by atoms with Crippen LogP contribution in [0.2, 0.25) is 5.02 Å². The molecule has 0 amide bonds. The van der Waals surface area contributed by atoms with Gasteiger partial charge in [0.1, 0.15) is 12.4 Å². The molecule has 4 nitrogen and oxygen atoms in total. The van der Waals surface area contributed by atoms with Crippen LogP contribution in [-0.2, 0) is 9.53 Å². The largest absolute Gasteiger partial charge is 0.465 e. The summed E-state index contributed by atoms with van der Waals surface area (Å²) in [5.74, 6) is 0.298. The molecule has 1 aromatic rings. The van der Waals surface area contributed by atoms with Crippen LogP contribution in [-0.4, -0.2) is 24.1 Å². The third kappa shape index (κ3) is 5.44. The van der Waals surface area contributed by atoms with Crippen LogP contribution in [0.3, 0.4) is 0 Å². The van der Waals surface area contributed by atoms with Crippen LogP contribution < -0.4 is 5.32 Å². The van der Waals surface area contributed by atoms with E-state index in [-0.39, 0.29) is 24.9 Å². The van der Waals surface area contributed by atoms with Crippen LogP contribution in [0.4, 0.5) is 5.82 Å². The molecule has 0 bridgehead atoms. The zero-order valence-corrected chi connectivity index (χ0v) is 9.77. The second-order valence-electron chi connectivity index (χ2n) is 2.52. The highest BCUT2D eigenvalue weighted by Gasteiger charge is 2.01. The zero-order valence-electron chi connectivity index (χ0n) is 8.20. The summed E-state index contributed by atoms with van der Waals surface area (Å²) < 4.78 is 4.73. The summed E-state index contributed by atoms with van der Waals surface area (Å²) in [4.78, 5) is 14.9. The van der Waals surface area contributed by atoms with Gasteiger partial charge in [0.25, 0.3) is 0 Å². The van der Waals surface area contributed by atoms with Crippen molar-refractivity contribution in [1.29, 1.82) is 0 Å². The number of nitrogens with one attached hydrogen (secondary N) is 1. The number of esters is 1. The molecule has 84 valence electrons. The standard InChI is InChI=1S/C9H11ClN2O2.ClH/c1-2-14-9(13)6-12-8-4-3-7(10)5-11-8;/h3-5H,2,6H2,1H3,(H,11,12);1H. The third-order valence-corrected chi connectivity index (χ3v) is 1.67. The van der Waals surface area contributed by atoms with E-state index in [0.29, 0.717) is 17.4 Å². The maximum Gasteiger partial charge on any atom is 0.325 e. The van der Waals surface area contributed by atoms with E-state index < -0.39 is 0 Å². The topological polar surface area (TPSA) is 51.2 Å². The molecule has 1 rings (SSSR count). The van der Waals surface area contributed by atoms with E-state index in [2.05, 4.69) is 10.3 Å². The van der Waals surface area contributed by atoms with Crippen LogP contribution in [0.25, 0.3) is 0 Å². The summed E-state index contributed by atoms with van der Waals surface area (Å²) in [5, 5.41) is 3.37. The van der Waals surface area contributed by atoms with Gasteiger partial charge in [-0.3, -0.25) is 4.79 Å². The number of hydrogen-bond acceptors (Lipinski definition) is 4. The fourth-order valence-electron chi connectivity index (χ4n) is 0.855. The first-order chi connectivity index (χ1) is 6.72. The number of halogens is 2. The Bertz CT molecular complexity index is 303. The van der Waals surface area contributed by atoms with Crippen molar-refractivity contribution in [3.63, 3.8) is 0 Å². The van der Waals surface area contributed by atoms with Crippen molar-refractivity contribution in [2.24, 2.45) is 0 Å². The highest BCUT2D eigenvalue weighted by molar-refractivity contribution is 6.30. The molecule has 0 atom stereocenters. The van der Waals surface area contributed by atoms with Crippen LogP contribution >= 0.6 is 24.0 Å². The van der Waals surface area contributed by atoms with Crippen LogP contribution in [0.1, 0.15) is 6.92 Å². The SMILES string of the molecule is CCOC(=O)CNc1ccc(Cl)cn1.Cl. The minimum atomic E-state index is -0.302. The molecule has 0 aliphatic carbocycles. The number of aromatic nitrogens is 1. The number of carbonyl (C=O) groups is 1. The molecule has 0 aliphatic rings. The Kier molecular flexibility index (Phi) is 6.83. The van der Waals surface area contributed by atoms with Crippen LogP contribution in [0.5, 0.6) is 0 Å². The monoisotopic (exact) mass is 250 g/mol. The van der Waals surface area contributed by atoms with Crippen molar-refractivity contribution in [3.8, 4) is 0 Å². The fourth-order valence-corrected chi connectivity index (χ4v) is 0.967. The smallest absolute Gasteiger partial charge is 0.325 e. The predicted octanol–water partition coefficient (Wildman–Crippen LogP) is 2.13. The van der Waals surface area contributed by atoms with Gasteiger partial charge < -0.3 is 10.1 Å². The fraction of sp³-hybridized carbons (Fsp3) is 0.333. The van der Waals surface area contributed by atoms with Crippen molar-refractivity contribution in [2.75, 3.05) is 18.5 Å². The Morgan fingerprint density at radius 3 is 2.87 bits per heavy atom. The number of pyridine rings is 1. The Labute approximate surface area is 99.4 Å². The van der Waals surface area contributed by atoms with E-state index in [1.165, 1.54) is 6.20 Å². The molecular weight excluding hydrogens is 239 g/mol. The van der Waals surface area contributed by atoms with E-state index >= 15 is 0 Å². The number of rotatable bonds is 4. The Morgan fingerprint density at radius 2 is 2.33 bits per heavy atom. The lowest BCUT2D eigenvalue weighted by molar-refractivity contribution is -0.140. The van der Waals surface area contributed by atoms with Gasteiger partial charge in [0.2, 0.25) is 0 Å². The van der Waals surface area contributed by atoms with Gasteiger partial charge in [0.15, 0.2) is 0 Å². The molecule has 0 unspecified atom stereocenters. The maximum atomic E-state index is 10.9. The summed E-state index contributed by atoms with van der Waals surface area (Å²) in [6, 6.07) is 3.39. The summed E-state index contributed by atoms with van der Waals surface area (Å²) in [5.41, 5.74) is 0. The molecule has 0 radical (unpaired) electrons. The van der Waals surface area contributed by atoms with Crippen LogP contribution in [0, 0.1) is 0 Å². The van der Waals surface area contributed by atoms with Gasteiger partial charge >= 0.3 is 5.97 Å². The second kappa shape index (κ2) is 7.31. The van der Waals surface area contributed by atoms with E-state index in [1.54, 1.807) is 19.1 Å². The van der Waals surface area contributed by atoms with Crippen molar-refractivity contribution in [2.45, 2.75) is 6.92 Å². The van der Waals surface area contributed by atoms with Gasteiger partial charge in [-0.05, 0) is 19.1 Å². The first-order valence-corrected chi connectivity index (χ1v) is 4.61. The lowest BCUT2D eigenvalue weighted by Gasteiger charge is -2.04. The minimum absolute atomic E-state index is 0. The number of anilines is 1. The first kappa shape index (κ1) is 14.0. The predicted molar refractivity (Wildman–Crippen MR) is 61.6 cm³/mol. The van der Waals surface area contributed by atoms with Crippen molar-refractivity contribution >= 4 is 35.8 Å². The molecular formula is C9H12Cl2N2O2. The molecule has 0 aromatic carbocycles. The van der Waals surface area contributed by atoms with E-state index in [1.807, 2.05) is 0 Å². The second-order valence-corrected chi connectivity index (χ2v) is 2.96. The highest BCUT2D eigenvalue weighted by Crippen LogP contribution is 2.08. The quantitative estimate of drug-likeness (QED) is 0.833. The van der Waals surface area contributed by atoms with Crippen LogP contribution in [0.15, 0.2) is 18.3 Å². The van der Waals surface area contributed by atoms with E-state index in [9.17, 15) is 4.79 Å². The van der Waals surface area contributed by atoms with Crippen molar-refractivity contribution in [3.05, 3.63) is 23.4 Å². The molecule has 0 saturated heterocycles. The van der Waals surface area contributed by atoms with Gasteiger partial charge in [-0.15, -0.1) is 12.4 Å². The highest BCUT2D eigenvalue weighted by atomic mass is 35.5. The van der Waals surface area contributed by atoms with Gasteiger partial charge in [-0.2, -0.15) is 0 Å². The van der Waals surface area contributed by atoms with E-state index in [4.69, 9.17) is 16.3 Å². The summed E-state index contributed by atoms with van der Waals surface area (Å²) in [6.45, 7) is 2.26. The first-order valence-electron chi connectivity index (χ1n) is 4.23. The minimum Gasteiger partial charge on any atom is -0.465 e. The van der Waals surface area contributed by atoms with Crippen molar-refractivity contribution < 1.29 is 9.53 Å². The summed E-state index contributed by atoms with van der Waals surface area (Å²) >= 11 is 5.64. The molecule has 1 aromatic heterocycles. The Morgan fingerprint density at radius 1 is 1.60 bits per heavy atom. The lowest BCUT2D eigenvalue weighted by atomic mass is 10.4. The lowest BCUT2D eigenvalue weighted by Crippen LogP contribution is -2.17. The average molecular weight is 251 g/mol. The maximum absolute atomic E-state index is 10.9. The molecule has 6 heteroatoms. The molecule has 0 spiro atoms.